The summed E-state index contributed by atoms with van der Waals surface area (Å²) in [5.74, 6) is 1.93. The molecule has 188 valence electrons. The minimum Gasteiger partial charge on any atom is -0.491 e. The Morgan fingerprint density at radius 3 is 2.71 bits per heavy atom. The largest absolute Gasteiger partial charge is 0.491 e. The SMILES string of the molecule is CC(C)(C)c1ccc(OCCOCCn2cc(COC(=O)CCCCC3CCSS3)nn2)cc1. The molecule has 1 unspecified atom stereocenters. The molecule has 1 saturated heterocycles. The predicted molar refractivity (Wildman–Crippen MR) is 138 cm³/mol. The first-order chi connectivity index (χ1) is 16.4. The molecule has 0 amide bonds. The molecule has 1 aromatic carbocycles. The summed E-state index contributed by atoms with van der Waals surface area (Å²) in [4.78, 5) is 11.9. The fourth-order valence-corrected chi connectivity index (χ4v) is 6.50. The summed E-state index contributed by atoms with van der Waals surface area (Å²) < 4.78 is 18.4. The summed E-state index contributed by atoms with van der Waals surface area (Å²) in [5, 5.41) is 8.90. The first-order valence-electron chi connectivity index (χ1n) is 12.0. The van der Waals surface area contributed by atoms with E-state index in [-0.39, 0.29) is 18.0 Å². The van der Waals surface area contributed by atoms with E-state index in [1.165, 1.54) is 24.2 Å². The Balaban J connectivity index is 1.21. The van der Waals surface area contributed by atoms with Crippen molar-refractivity contribution in [3.05, 3.63) is 41.7 Å². The van der Waals surface area contributed by atoms with E-state index in [1.54, 1.807) is 10.9 Å². The molecule has 0 saturated carbocycles. The number of benzene rings is 1. The highest BCUT2D eigenvalue weighted by Crippen LogP contribution is 2.39. The average molecular weight is 508 g/mol. The second-order valence-electron chi connectivity index (χ2n) is 9.44. The molecule has 1 aromatic heterocycles. The first kappa shape index (κ1) is 26.9. The monoisotopic (exact) mass is 507 g/mol. The molecule has 0 radical (unpaired) electrons. The molecular weight excluding hydrogens is 470 g/mol. The number of carbonyl (C=O) groups excluding carboxylic acids is 1. The zero-order chi connectivity index (χ0) is 24.2. The zero-order valence-electron chi connectivity index (χ0n) is 20.5. The lowest BCUT2D eigenvalue weighted by Crippen LogP contribution is -2.12. The van der Waals surface area contributed by atoms with Crippen LogP contribution in [0.1, 0.15) is 64.1 Å². The van der Waals surface area contributed by atoms with E-state index >= 15 is 0 Å². The van der Waals surface area contributed by atoms with Gasteiger partial charge in [0.05, 0.1) is 26.0 Å². The second kappa shape index (κ2) is 14.0. The number of esters is 1. The minimum atomic E-state index is -0.167. The summed E-state index contributed by atoms with van der Waals surface area (Å²) in [6.45, 7) is 8.82. The van der Waals surface area contributed by atoms with Crippen LogP contribution in [0.2, 0.25) is 0 Å². The number of hydrogen-bond acceptors (Lipinski definition) is 8. The van der Waals surface area contributed by atoms with Crippen molar-refractivity contribution in [1.29, 1.82) is 0 Å². The van der Waals surface area contributed by atoms with E-state index in [0.29, 0.717) is 38.5 Å². The Morgan fingerprint density at radius 2 is 1.97 bits per heavy atom. The Hall–Kier alpha value is -1.71. The maximum absolute atomic E-state index is 11.9. The molecule has 9 heteroatoms. The number of nitrogens with zero attached hydrogens (tertiary/aromatic N) is 3. The maximum atomic E-state index is 11.9. The Bertz CT molecular complexity index is 862. The number of hydrogen-bond donors (Lipinski definition) is 0. The van der Waals surface area contributed by atoms with Crippen LogP contribution in [0.25, 0.3) is 0 Å². The lowest BCUT2D eigenvalue weighted by atomic mass is 9.87. The van der Waals surface area contributed by atoms with E-state index < -0.39 is 0 Å². The van der Waals surface area contributed by atoms with Gasteiger partial charge in [0, 0.05) is 17.4 Å². The molecule has 1 fully saturated rings. The fraction of sp³-hybridized carbons (Fsp3) is 0.640. The van der Waals surface area contributed by atoms with Gasteiger partial charge in [-0.15, -0.1) is 5.10 Å². The van der Waals surface area contributed by atoms with Crippen molar-refractivity contribution in [3.63, 3.8) is 0 Å². The van der Waals surface area contributed by atoms with Crippen LogP contribution in [0.3, 0.4) is 0 Å². The van der Waals surface area contributed by atoms with E-state index in [1.807, 2.05) is 33.7 Å². The summed E-state index contributed by atoms with van der Waals surface area (Å²) in [5.41, 5.74) is 2.07. The summed E-state index contributed by atoms with van der Waals surface area (Å²) >= 11 is 0. The average Bonchev–Trinajstić information content (AvgIpc) is 3.49. The fourth-order valence-electron chi connectivity index (χ4n) is 3.48. The van der Waals surface area contributed by atoms with Gasteiger partial charge in [-0.05, 0) is 42.4 Å². The lowest BCUT2D eigenvalue weighted by Gasteiger charge is -2.19. The molecule has 7 nitrogen and oxygen atoms in total. The van der Waals surface area contributed by atoms with Gasteiger partial charge in [-0.1, -0.05) is 66.1 Å². The van der Waals surface area contributed by atoms with Crippen molar-refractivity contribution in [2.45, 2.75) is 76.7 Å². The quantitative estimate of drug-likeness (QED) is 0.190. The van der Waals surface area contributed by atoms with Crippen LogP contribution in [0.4, 0.5) is 0 Å². The molecule has 0 N–H and O–H groups in total. The molecular formula is C25H37N3O4S2. The number of unbranched alkanes of at least 4 members (excludes halogenated alkanes) is 1. The Kier molecular flexibility index (Phi) is 11.1. The molecule has 0 bridgehead atoms. The third-order valence-electron chi connectivity index (χ3n) is 5.53. The van der Waals surface area contributed by atoms with Crippen LogP contribution < -0.4 is 4.74 Å². The van der Waals surface area contributed by atoms with Gasteiger partial charge >= 0.3 is 5.97 Å². The van der Waals surface area contributed by atoms with Gasteiger partial charge in [-0.25, -0.2) is 4.68 Å². The summed E-state index contributed by atoms with van der Waals surface area (Å²) in [6.07, 6.45) is 6.71. The number of ether oxygens (including phenoxy) is 3. The molecule has 1 aliphatic heterocycles. The van der Waals surface area contributed by atoms with E-state index in [4.69, 9.17) is 14.2 Å². The minimum absolute atomic E-state index is 0.136. The van der Waals surface area contributed by atoms with E-state index in [9.17, 15) is 4.79 Å². The van der Waals surface area contributed by atoms with Crippen LogP contribution in [-0.4, -0.2) is 51.8 Å². The summed E-state index contributed by atoms with van der Waals surface area (Å²) in [6, 6.07) is 8.20. The second-order valence-corrected chi connectivity index (χ2v) is 12.2. The Morgan fingerprint density at radius 1 is 1.15 bits per heavy atom. The van der Waals surface area contributed by atoms with Gasteiger partial charge in [-0.3, -0.25) is 4.79 Å². The molecule has 2 aromatic rings. The molecule has 0 spiro atoms. The smallest absolute Gasteiger partial charge is 0.306 e. The molecule has 0 aliphatic carbocycles. The molecule has 1 atom stereocenters. The van der Waals surface area contributed by atoms with Gasteiger partial charge in [0.25, 0.3) is 0 Å². The van der Waals surface area contributed by atoms with Crippen molar-refractivity contribution in [2.24, 2.45) is 0 Å². The van der Waals surface area contributed by atoms with Crippen LogP contribution in [0.5, 0.6) is 5.75 Å². The van der Waals surface area contributed by atoms with Crippen molar-refractivity contribution in [2.75, 3.05) is 25.6 Å². The normalized spacial score (nSPS) is 16.0. The van der Waals surface area contributed by atoms with Crippen LogP contribution in [0, 0.1) is 0 Å². The first-order valence-corrected chi connectivity index (χ1v) is 14.4. The highest BCUT2D eigenvalue weighted by atomic mass is 33.1. The molecule has 34 heavy (non-hydrogen) atoms. The number of rotatable bonds is 14. The van der Waals surface area contributed by atoms with Gasteiger partial charge in [0.15, 0.2) is 0 Å². The predicted octanol–water partition coefficient (Wildman–Crippen LogP) is 5.43. The van der Waals surface area contributed by atoms with E-state index in [2.05, 4.69) is 43.2 Å². The van der Waals surface area contributed by atoms with Gasteiger partial charge < -0.3 is 14.2 Å². The maximum Gasteiger partial charge on any atom is 0.306 e. The van der Waals surface area contributed by atoms with Crippen molar-refractivity contribution in [1.82, 2.24) is 15.0 Å². The topological polar surface area (TPSA) is 75.5 Å². The molecule has 2 heterocycles. The van der Waals surface area contributed by atoms with Crippen molar-refractivity contribution >= 4 is 27.6 Å². The van der Waals surface area contributed by atoms with Crippen LogP contribution in [0.15, 0.2) is 30.5 Å². The van der Waals surface area contributed by atoms with Gasteiger partial charge in [-0.2, -0.15) is 0 Å². The Labute approximate surface area is 211 Å². The number of aromatic nitrogens is 3. The molecule has 3 rings (SSSR count). The summed E-state index contributed by atoms with van der Waals surface area (Å²) in [7, 11) is 3.95. The number of carbonyl (C=O) groups is 1. The standard InChI is InChI=1S/C25H37N3O4S2/c1-25(2,3)20-8-10-22(11-9-20)31-16-15-30-14-13-28-18-21(26-27-28)19-32-24(29)7-5-4-6-23-12-17-33-34-23/h8-11,18,23H,4-7,12-17,19H2,1-3H3. The third kappa shape index (κ3) is 9.88. The van der Waals surface area contributed by atoms with Crippen molar-refractivity contribution in [3.8, 4) is 5.75 Å². The third-order valence-corrected chi connectivity index (χ3v) is 8.54. The highest BCUT2D eigenvalue weighted by Gasteiger charge is 2.16. The van der Waals surface area contributed by atoms with Gasteiger partial charge in [0.2, 0.25) is 0 Å². The van der Waals surface area contributed by atoms with Crippen LogP contribution >= 0.6 is 21.6 Å². The van der Waals surface area contributed by atoms with Crippen molar-refractivity contribution < 1.29 is 19.0 Å². The zero-order valence-corrected chi connectivity index (χ0v) is 22.2. The lowest BCUT2D eigenvalue weighted by molar-refractivity contribution is -0.145. The highest BCUT2D eigenvalue weighted by molar-refractivity contribution is 8.77. The van der Waals surface area contributed by atoms with Gasteiger partial charge in [0.1, 0.15) is 24.7 Å². The van der Waals surface area contributed by atoms with E-state index in [0.717, 1.165) is 23.8 Å². The van der Waals surface area contributed by atoms with Crippen LogP contribution in [-0.2, 0) is 32.8 Å². The molecule has 1 aliphatic rings.